The predicted octanol–water partition coefficient (Wildman–Crippen LogP) is 3.15. The van der Waals surface area contributed by atoms with Crippen LogP contribution in [0.25, 0.3) is 0 Å². The minimum atomic E-state index is -0.150. The van der Waals surface area contributed by atoms with E-state index in [1.54, 1.807) is 11.9 Å². The van der Waals surface area contributed by atoms with Gasteiger partial charge in [-0.05, 0) is 62.7 Å². The highest BCUT2D eigenvalue weighted by atomic mass is 35.5. The van der Waals surface area contributed by atoms with Crippen molar-refractivity contribution in [3.8, 4) is 0 Å². The number of para-hydroxylation sites is 1. The number of nitrogens with one attached hydrogen (secondary N) is 2. The molecule has 2 amide bonds. The number of amides is 2. The third kappa shape index (κ3) is 6.29. The molecule has 1 heterocycles. The predicted molar refractivity (Wildman–Crippen MR) is 109 cm³/mol. The molecule has 6 heteroatoms. The molecule has 146 valence electrons. The van der Waals surface area contributed by atoms with Gasteiger partial charge in [0.25, 0.3) is 0 Å². The number of carbonyl (C=O) groups excluding carboxylic acids is 2. The molecule has 2 N–H and O–H groups in total. The molecule has 1 aliphatic rings. The Labute approximate surface area is 163 Å². The number of benzene rings is 1. The van der Waals surface area contributed by atoms with Gasteiger partial charge in [0.05, 0.1) is 6.54 Å². The van der Waals surface area contributed by atoms with Gasteiger partial charge in [0.1, 0.15) is 0 Å². The molecule has 1 aromatic carbocycles. The number of anilines is 1. The number of carbonyl (C=O) groups is 2. The third-order valence-corrected chi connectivity index (χ3v) is 5.24. The smallest absolute Gasteiger partial charge is 0.243 e. The zero-order valence-corrected chi connectivity index (χ0v) is 17.1. The number of hydrogen-bond acceptors (Lipinski definition) is 3. The van der Waals surface area contributed by atoms with Crippen LogP contribution in [0, 0.1) is 25.7 Å². The van der Waals surface area contributed by atoms with E-state index in [1.165, 1.54) is 0 Å². The lowest BCUT2D eigenvalue weighted by molar-refractivity contribution is -0.134. The molecular formula is C20H32ClN3O2. The maximum absolute atomic E-state index is 12.4. The molecule has 1 aromatic rings. The van der Waals surface area contributed by atoms with Gasteiger partial charge in [-0.1, -0.05) is 25.1 Å². The van der Waals surface area contributed by atoms with E-state index in [1.807, 2.05) is 32.0 Å². The molecule has 1 aliphatic heterocycles. The van der Waals surface area contributed by atoms with Gasteiger partial charge in [-0.2, -0.15) is 0 Å². The fraction of sp³-hybridized carbons (Fsp3) is 0.600. The summed E-state index contributed by atoms with van der Waals surface area (Å²) < 4.78 is 0. The number of rotatable bonds is 6. The maximum Gasteiger partial charge on any atom is 0.243 e. The van der Waals surface area contributed by atoms with Gasteiger partial charge < -0.3 is 15.5 Å². The second-order valence-electron chi connectivity index (χ2n) is 7.33. The van der Waals surface area contributed by atoms with E-state index < -0.39 is 0 Å². The molecule has 0 bridgehead atoms. The van der Waals surface area contributed by atoms with Gasteiger partial charge in [-0.15, -0.1) is 12.4 Å². The van der Waals surface area contributed by atoms with Crippen molar-refractivity contribution in [1.82, 2.24) is 10.2 Å². The Bertz CT molecular complexity index is 595. The summed E-state index contributed by atoms with van der Waals surface area (Å²) in [5, 5.41) is 6.30. The van der Waals surface area contributed by atoms with Gasteiger partial charge in [0.15, 0.2) is 0 Å². The van der Waals surface area contributed by atoms with Crippen molar-refractivity contribution < 1.29 is 9.59 Å². The first-order chi connectivity index (χ1) is 11.9. The molecule has 0 saturated carbocycles. The van der Waals surface area contributed by atoms with E-state index in [9.17, 15) is 9.59 Å². The van der Waals surface area contributed by atoms with Crippen LogP contribution >= 0.6 is 12.4 Å². The average Bonchev–Trinajstić information content (AvgIpc) is 2.59. The molecule has 0 aliphatic carbocycles. The highest BCUT2D eigenvalue weighted by molar-refractivity contribution is 5.95. The second-order valence-corrected chi connectivity index (χ2v) is 7.33. The van der Waals surface area contributed by atoms with Crippen LogP contribution in [-0.2, 0) is 9.59 Å². The van der Waals surface area contributed by atoms with Crippen LogP contribution in [0.5, 0.6) is 0 Å². The fourth-order valence-corrected chi connectivity index (χ4v) is 3.51. The van der Waals surface area contributed by atoms with Gasteiger partial charge in [0.2, 0.25) is 11.8 Å². The van der Waals surface area contributed by atoms with Gasteiger partial charge in [0, 0.05) is 19.2 Å². The van der Waals surface area contributed by atoms with Crippen molar-refractivity contribution in [2.45, 2.75) is 40.0 Å². The van der Waals surface area contributed by atoms with E-state index in [4.69, 9.17) is 0 Å². The number of nitrogens with zero attached hydrogens (tertiary/aromatic N) is 1. The van der Waals surface area contributed by atoms with Crippen LogP contribution in [-0.4, -0.2) is 43.4 Å². The van der Waals surface area contributed by atoms with E-state index >= 15 is 0 Å². The monoisotopic (exact) mass is 381 g/mol. The van der Waals surface area contributed by atoms with E-state index in [0.717, 1.165) is 42.7 Å². The van der Waals surface area contributed by atoms with Crippen LogP contribution in [0.15, 0.2) is 18.2 Å². The highest BCUT2D eigenvalue weighted by Gasteiger charge is 2.24. The van der Waals surface area contributed by atoms with E-state index in [-0.39, 0.29) is 30.8 Å². The molecule has 5 nitrogen and oxygen atoms in total. The van der Waals surface area contributed by atoms with E-state index in [2.05, 4.69) is 17.6 Å². The van der Waals surface area contributed by atoms with Crippen LogP contribution in [0.2, 0.25) is 0 Å². The molecule has 1 atom stereocenters. The number of aryl methyl sites for hydroxylation is 2. The zero-order valence-electron chi connectivity index (χ0n) is 16.3. The summed E-state index contributed by atoms with van der Waals surface area (Å²) in [5.74, 6) is 0.853. The summed E-state index contributed by atoms with van der Waals surface area (Å²) in [6, 6.07) is 5.91. The molecular weight excluding hydrogens is 350 g/mol. The Morgan fingerprint density at radius 2 is 1.81 bits per heavy atom. The molecule has 0 spiro atoms. The van der Waals surface area contributed by atoms with Crippen molar-refractivity contribution in [3.05, 3.63) is 29.3 Å². The van der Waals surface area contributed by atoms with Crippen LogP contribution in [0.3, 0.4) is 0 Å². The summed E-state index contributed by atoms with van der Waals surface area (Å²) >= 11 is 0. The van der Waals surface area contributed by atoms with Crippen LogP contribution in [0.4, 0.5) is 5.69 Å². The van der Waals surface area contributed by atoms with Gasteiger partial charge in [-0.3, -0.25) is 9.59 Å². The first kappa shape index (κ1) is 22.5. The summed E-state index contributed by atoms with van der Waals surface area (Å²) in [6.45, 7) is 8.26. The van der Waals surface area contributed by atoms with Crippen molar-refractivity contribution in [2.24, 2.45) is 11.8 Å². The normalized spacial score (nSPS) is 15.7. The summed E-state index contributed by atoms with van der Waals surface area (Å²) in [4.78, 5) is 26.3. The SMILES string of the molecule is Cc1cccc(C)c1NC(=O)CN(C)C(=O)CC(C)C1CCNCC1.Cl. The summed E-state index contributed by atoms with van der Waals surface area (Å²) in [6.07, 6.45) is 2.77. The Hall–Kier alpha value is -1.59. The Morgan fingerprint density at radius 1 is 1.23 bits per heavy atom. The highest BCUT2D eigenvalue weighted by Crippen LogP contribution is 2.25. The molecule has 0 aromatic heterocycles. The minimum Gasteiger partial charge on any atom is -0.336 e. The fourth-order valence-electron chi connectivity index (χ4n) is 3.51. The van der Waals surface area contributed by atoms with Crippen molar-refractivity contribution in [1.29, 1.82) is 0 Å². The molecule has 1 fully saturated rings. The Balaban J connectivity index is 0.00000338. The van der Waals surface area contributed by atoms with Crippen LogP contribution in [0.1, 0.15) is 37.3 Å². The van der Waals surface area contributed by atoms with Crippen LogP contribution < -0.4 is 10.6 Å². The molecule has 26 heavy (non-hydrogen) atoms. The molecule has 1 unspecified atom stereocenters. The molecule has 0 radical (unpaired) electrons. The lowest BCUT2D eigenvalue weighted by Crippen LogP contribution is -2.37. The number of hydrogen-bond donors (Lipinski definition) is 2. The standard InChI is InChI=1S/C20H31N3O2.ClH/c1-14-6-5-7-15(2)20(14)22-18(24)13-23(4)19(25)12-16(3)17-8-10-21-11-9-17;/h5-7,16-17,21H,8-13H2,1-4H3,(H,22,24);1H. The first-order valence-electron chi connectivity index (χ1n) is 9.19. The lowest BCUT2D eigenvalue weighted by atomic mass is 9.84. The van der Waals surface area contributed by atoms with Crippen molar-refractivity contribution in [3.63, 3.8) is 0 Å². The molecule has 2 rings (SSSR count). The number of halogens is 1. The van der Waals surface area contributed by atoms with Crippen molar-refractivity contribution in [2.75, 3.05) is 32.0 Å². The topological polar surface area (TPSA) is 61.4 Å². The number of likely N-dealkylation sites (N-methyl/N-ethyl adjacent to an activating group) is 1. The van der Waals surface area contributed by atoms with Gasteiger partial charge in [-0.25, -0.2) is 0 Å². The number of piperidine rings is 1. The summed E-state index contributed by atoms with van der Waals surface area (Å²) in [7, 11) is 1.71. The maximum atomic E-state index is 12.4. The minimum absolute atomic E-state index is 0. The van der Waals surface area contributed by atoms with Gasteiger partial charge >= 0.3 is 0 Å². The quantitative estimate of drug-likeness (QED) is 0.795. The third-order valence-electron chi connectivity index (χ3n) is 5.24. The average molecular weight is 382 g/mol. The first-order valence-corrected chi connectivity index (χ1v) is 9.19. The van der Waals surface area contributed by atoms with Crippen molar-refractivity contribution >= 4 is 29.9 Å². The summed E-state index contributed by atoms with van der Waals surface area (Å²) in [5.41, 5.74) is 2.90. The Morgan fingerprint density at radius 3 is 2.38 bits per heavy atom. The Kier molecular flexibility index (Phi) is 9.09. The zero-order chi connectivity index (χ0) is 18.4. The lowest BCUT2D eigenvalue weighted by Gasteiger charge is -2.29. The van der Waals surface area contributed by atoms with E-state index in [0.29, 0.717) is 18.3 Å². The molecule has 1 saturated heterocycles. The largest absolute Gasteiger partial charge is 0.336 e. The second kappa shape index (κ2) is 10.5.